The number of anilines is 2. The van der Waals surface area contributed by atoms with Gasteiger partial charge >= 0.3 is 0 Å². The summed E-state index contributed by atoms with van der Waals surface area (Å²) in [5.74, 6) is 0.135. The lowest BCUT2D eigenvalue weighted by Crippen LogP contribution is -2.24. The summed E-state index contributed by atoms with van der Waals surface area (Å²) < 4.78 is 35.4. The Morgan fingerprint density at radius 1 is 1.26 bits per heavy atom. The van der Waals surface area contributed by atoms with Gasteiger partial charge in [-0.05, 0) is 45.2 Å². The van der Waals surface area contributed by atoms with E-state index in [4.69, 9.17) is 27.2 Å². The van der Waals surface area contributed by atoms with Crippen LogP contribution in [-0.4, -0.2) is 63.2 Å². The molecule has 2 unspecified atom stereocenters. The van der Waals surface area contributed by atoms with E-state index in [-0.39, 0.29) is 35.2 Å². The van der Waals surface area contributed by atoms with Crippen molar-refractivity contribution in [1.29, 1.82) is 0 Å². The van der Waals surface area contributed by atoms with Crippen LogP contribution in [-0.2, 0) is 4.74 Å². The van der Waals surface area contributed by atoms with E-state index >= 15 is 0 Å². The van der Waals surface area contributed by atoms with Crippen LogP contribution in [0.4, 0.5) is 20.7 Å². The Labute approximate surface area is 201 Å². The van der Waals surface area contributed by atoms with E-state index in [1.165, 1.54) is 12.3 Å². The molecule has 3 aromatic rings. The highest BCUT2D eigenvalue weighted by Crippen LogP contribution is 2.35. The minimum atomic E-state index is -0.895. The number of hydrogen-bond acceptors (Lipinski definition) is 7. The van der Waals surface area contributed by atoms with Gasteiger partial charge in [-0.3, -0.25) is 0 Å². The van der Waals surface area contributed by atoms with Crippen molar-refractivity contribution in [1.82, 2.24) is 19.5 Å². The van der Waals surface area contributed by atoms with E-state index in [0.29, 0.717) is 42.3 Å². The predicted molar refractivity (Wildman–Crippen MR) is 128 cm³/mol. The van der Waals surface area contributed by atoms with Crippen LogP contribution < -0.4 is 10.6 Å². The molecule has 34 heavy (non-hydrogen) atoms. The predicted octanol–water partition coefficient (Wildman–Crippen LogP) is 4.15. The summed E-state index contributed by atoms with van der Waals surface area (Å²) in [4.78, 5) is 14.3. The third-order valence-corrected chi connectivity index (χ3v) is 6.11. The number of nitrogens with zero attached hydrogens (tertiary/aromatic N) is 5. The molecule has 8 nitrogen and oxygen atoms in total. The third kappa shape index (κ3) is 5.24. The minimum Gasteiger partial charge on any atom is -0.391 e. The average molecular weight is 495 g/mol. The molecule has 184 valence electrons. The Bertz CT molecular complexity index is 1150. The van der Waals surface area contributed by atoms with Crippen molar-refractivity contribution in [2.75, 3.05) is 36.9 Å². The second-order valence-electron chi connectivity index (χ2n) is 8.83. The lowest BCUT2D eigenvalue weighted by atomic mass is 10.1. The molecule has 2 fully saturated rings. The zero-order valence-electron chi connectivity index (χ0n) is 19.2. The van der Waals surface area contributed by atoms with Gasteiger partial charge in [-0.15, -0.1) is 0 Å². The number of halogens is 3. The molecule has 11 heteroatoms. The molecule has 4 heterocycles. The summed E-state index contributed by atoms with van der Waals surface area (Å²) in [6, 6.07) is 3.12. The zero-order valence-corrected chi connectivity index (χ0v) is 20.0. The second-order valence-corrected chi connectivity index (χ2v) is 9.24. The quantitative estimate of drug-likeness (QED) is 0.563. The number of alkyl halides is 1. The number of aliphatic hydroxyl groups is 1. The number of nitrogen functional groups attached to an aromatic ring is 1. The molecule has 0 radical (unpaired) electrons. The summed E-state index contributed by atoms with van der Waals surface area (Å²) in [5, 5.41) is 9.06. The molecule has 0 saturated carbocycles. The van der Waals surface area contributed by atoms with E-state index in [2.05, 4.69) is 15.0 Å². The smallest absolute Gasteiger partial charge is 0.220 e. The van der Waals surface area contributed by atoms with E-state index < -0.39 is 12.0 Å². The van der Waals surface area contributed by atoms with Gasteiger partial charge in [0, 0.05) is 24.8 Å². The van der Waals surface area contributed by atoms with Crippen LogP contribution in [0.1, 0.15) is 39.2 Å². The van der Waals surface area contributed by atoms with Crippen molar-refractivity contribution in [3.05, 3.63) is 29.2 Å². The standard InChI is InChI=1S/C18H19ClF2N6.C5H10O2/c1-9(2)27-14-6-10(15-12(19)7-23-17(22)24-15)5-13(21)16(14)25-18(27)26-4-3-11(20)8-26;6-5-2-1-3-7-4-5/h5-7,9,11H,3-4,8H2,1-2H3,(H2,22,23,24);5-6H,1-4H2. The average Bonchev–Trinajstić information content (AvgIpc) is 3.40. The van der Waals surface area contributed by atoms with Crippen LogP contribution in [0.3, 0.4) is 0 Å². The van der Waals surface area contributed by atoms with Crippen molar-refractivity contribution in [3.8, 4) is 11.3 Å². The molecule has 2 atom stereocenters. The molecule has 0 bridgehead atoms. The molecule has 2 aliphatic heterocycles. The van der Waals surface area contributed by atoms with Gasteiger partial charge in [0.05, 0.1) is 41.7 Å². The topological polar surface area (TPSA) is 102 Å². The van der Waals surface area contributed by atoms with Crippen LogP contribution in [0.5, 0.6) is 0 Å². The van der Waals surface area contributed by atoms with Crippen molar-refractivity contribution in [3.63, 3.8) is 0 Å². The lowest BCUT2D eigenvalue weighted by molar-refractivity contribution is -0.00535. The van der Waals surface area contributed by atoms with Gasteiger partial charge in [0.1, 0.15) is 11.7 Å². The van der Waals surface area contributed by atoms with Crippen LogP contribution in [0.25, 0.3) is 22.3 Å². The first-order valence-corrected chi connectivity index (χ1v) is 11.8. The molecule has 5 rings (SSSR count). The monoisotopic (exact) mass is 494 g/mol. The highest BCUT2D eigenvalue weighted by atomic mass is 35.5. The van der Waals surface area contributed by atoms with E-state index in [0.717, 1.165) is 19.4 Å². The highest BCUT2D eigenvalue weighted by molar-refractivity contribution is 6.33. The Balaban J connectivity index is 0.000000336. The molecule has 2 aliphatic rings. The van der Waals surface area contributed by atoms with Gasteiger partial charge in [-0.1, -0.05) is 11.6 Å². The van der Waals surface area contributed by atoms with Crippen LogP contribution in [0, 0.1) is 5.82 Å². The first kappa shape index (κ1) is 24.6. The summed E-state index contributed by atoms with van der Waals surface area (Å²) >= 11 is 6.19. The maximum absolute atomic E-state index is 14.9. The largest absolute Gasteiger partial charge is 0.391 e. The van der Waals surface area contributed by atoms with Gasteiger partial charge in [-0.25, -0.2) is 23.7 Å². The molecule has 0 amide bonds. The van der Waals surface area contributed by atoms with Crippen molar-refractivity contribution in [2.24, 2.45) is 0 Å². The fraction of sp³-hybridized carbons (Fsp3) is 0.522. The Hall–Kier alpha value is -2.56. The number of aromatic nitrogens is 4. The Kier molecular flexibility index (Phi) is 7.49. The number of aliphatic hydroxyl groups excluding tert-OH is 1. The number of ether oxygens (including phenoxy) is 1. The summed E-state index contributed by atoms with van der Waals surface area (Å²) in [5.41, 5.74) is 7.34. The first-order valence-electron chi connectivity index (χ1n) is 11.4. The van der Waals surface area contributed by atoms with Gasteiger partial charge in [0.15, 0.2) is 5.82 Å². The SMILES string of the molecule is CC(C)n1c(N2CCC(F)C2)nc2c(F)cc(-c3nc(N)ncc3Cl)cc21.OC1CCCOC1. The number of rotatable bonds is 3. The van der Waals surface area contributed by atoms with Crippen LogP contribution in [0.2, 0.25) is 5.02 Å². The fourth-order valence-corrected chi connectivity index (χ4v) is 4.42. The number of hydrogen-bond donors (Lipinski definition) is 2. The number of nitrogens with two attached hydrogens (primary N) is 1. The summed E-state index contributed by atoms with van der Waals surface area (Å²) in [7, 11) is 0. The molecule has 0 spiro atoms. The number of fused-ring (bicyclic) bond motifs is 1. The molecule has 1 aromatic carbocycles. The second kappa shape index (κ2) is 10.4. The maximum Gasteiger partial charge on any atom is 0.220 e. The van der Waals surface area contributed by atoms with Gasteiger partial charge in [0.2, 0.25) is 11.9 Å². The highest BCUT2D eigenvalue weighted by Gasteiger charge is 2.28. The molecular formula is C23H29ClF2N6O2. The van der Waals surface area contributed by atoms with Gasteiger partial charge in [-0.2, -0.15) is 0 Å². The van der Waals surface area contributed by atoms with Crippen molar-refractivity contribution < 1.29 is 18.6 Å². The Morgan fingerprint density at radius 2 is 2.06 bits per heavy atom. The zero-order chi connectivity index (χ0) is 24.4. The van der Waals surface area contributed by atoms with Crippen molar-refractivity contribution in [2.45, 2.75) is 51.4 Å². The molecule has 2 aromatic heterocycles. The molecular weight excluding hydrogens is 466 g/mol. The molecule has 3 N–H and O–H groups in total. The first-order chi connectivity index (χ1) is 16.2. The van der Waals surface area contributed by atoms with Gasteiger partial charge < -0.3 is 25.0 Å². The minimum absolute atomic E-state index is 0.00394. The molecule has 0 aliphatic carbocycles. The van der Waals surface area contributed by atoms with E-state index in [1.807, 2.05) is 23.3 Å². The fourth-order valence-electron chi connectivity index (χ4n) is 4.22. The van der Waals surface area contributed by atoms with Gasteiger partial charge in [0.25, 0.3) is 0 Å². The molecule has 2 saturated heterocycles. The Morgan fingerprint density at radius 3 is 2.65 bits per heavy atom. The van der Waals surface area contributed by atoms with Crippen LogP contribution in [0.15, 0.2) is 18.3 Å². The number of imidazole rings is 1. The number of benzene rings is 1. The lowest BCUT2D eigenvalue weighted by Gasteiger charge is -2.21. The normalized spacial score (nSPS) is 20.6. The summed E-state index contributed by atoms with van der Waals surface area (Å²) in [6.45, 7) is 6.15. The van der Waals surface area contributed by atoms with Crippen molar-refractivity contribution >= 4 is 34.5 Å². The van der Waals surface area contributed by atoms with E-state index in [1.54, 1.807) is 6.07 Å². The summed E-state index contributed by atoms with van der Waals surface area (Å²) in [6.07, 6.45) is 2.69. The third-order valence-electron chi connectivity index (χ3n) is 5.83. The maximum atomic E-state index is 14.9. The van der Waals surface area contributed by atoms with E-state index in [9.17, 15) is 8.78 Å². The van der Waals surface area contributed by atoms with Crippen LogP contribution >= 0.6 is 11.6 Å².